The van der Waals surface area contributed by atoms with Gasteiger partial charge in [-0.15, -0.1) is 0 Å². The summed E-state index contributed by atoms with van der Waals surface area (Å²) in [4.78, 5) is 41.7. The van der Waals surface area contributed by atoms with Crippen LogP contribution in [0, 0.1) is 0 Å². The largest absolute Gasteiger partial charge is 0.444 e. The zero-order valence-electron chi connectivity index (χ0n) is 21.9. The number of ether oxygens (including phenoxy) is 1. The molecule has 2 unspecified atom stereocenters. The van der Waals surface area contributed by atoms with Gasteiger partial charge >= 0.3 is 6.09 Å². The van der Waals surface area contributed by atoms with Crippen molar-refractivity contribution < 1.29 is 19.1 Å². The Kier molecular flexibility index (Phi) is 9.87. The van der Waals surface area contributed by atoms with Gasteiger partial charge in [-0.05, 0) is 59.6 Å². The number of benzene rings is 2. The molecule has 0 heterocycles. The van der Waals surface area contributed by atoms with Crippen LogP contribution in [0.3, 0.4) is 0 Å². The van der Waals surface area contributed by atoms with Crippen molar-refractivity contribution in [1.82, 2.24) is 15.5 Å². The van der Waals surface area contributed by atoms with Gasteiger partial charge in [0.15, 0.2) is 0 Å². The molecule has 190 valence electrons. The van der Waals surface area contributed by atoms with E-state index in [2.05, 4.69) is 10.6 Å². The number of alkyl carbamates (subject to hydrolysis) is 1. The first kappa shape index (κ1) is 27.9. The molecular weight excluding hydrogens is 442 g/mol. The van der Waals surface area contributed by atoms with Crippen molar-refractivity contribution in [3.05, 3.63) is 71.8 Å². The second-order valence-electron chi connectivity index (χ2n) is 10.2. The third-order valence-electron chi connectivity index (χ3n) is 5.16. The highest BCUT2D eigenvalue weighted by Gasteiger charge is 2.38. The Bertz CT molecular complexity index is 969. The topological polar surface area (TPSA) is 87.7 Å². The normalized spacial score (nSPS) is 13.2. The first-order valence-electron chi connectivity index (χ1n) is 12.1. The molecule has 2 N–H and O–H groups in total. The Labute approximate surface area is 209 Å². The molecule has 0 radical (unpaired) electrons. The van der Waals surface area contributed by atoms with Crippen LogP contribution in [-0.2, 0) is 20.7 Å². The summed E-state index contributed by atoms with van der Waals surface area (Å²) in [5.41, 5.74) is 0.864. The van der Waals surface area contributed by atoms with E-state index < -0.39 is 23.8 Å². The van der Waals surface area contributed by atoms with Gasteiger partial charge in [-0.25, -0.2) is 4.79 Å². The molecule has 0 aliphatic heterocycles. The van der Waals surface area contributed by atoms with Crippen LogP contribution in [0.1, 0.15) is 65.6 Å². The molecule has 0 saturated heterocycles. The molecule has 2 atom stereocenters. The lowest BCUT2D eigenvalue weighted by Gasteiger charge is -2.37. The molecule has 2 rings (SSSR count). The highest BCUT2D eigenvalue weighted by molar-refractivity contribution is 5.92. The number of hydrogen-bond acceptors (Lipinski definition) is 4. The zero-order chi connectivity index (χ0) is 26.2. The van der Waals surface area contributed by atoms with E-state index >= 15 is 0 Å². The van der Waals surface area contributed by atoms with E-state index in [0.29, 0.717) is 5.56 Å². The predicted molar refractivity (Wildman–Crippen MR) is 138 cm³/mol. The molecule has 2 aromatic rings. The summed E-state index contributed by atoms with van der Waals surface area (Å²) in [6.45, 7) is 12.8. The summed E-state index contributed by atoms with van der Waals surface area (Å²) in [7, 11) is 0. The van der Waals surface area contributed by atoms with Crippen LogP contribution in [0.25, 0.3) is 0 Å². The van der Waals surface area contributed by atoms with Crippen LogP contribution in [0.15, 0.2) is 60.7 Å². The molecule has 0 aliphatic rings. The van der Waals surface area contributed by atoms with Gasteiger partial charge in [-0.3, -0.25) is 9.59 Å². The third-order valence-corrected chi connectivity index (χ3v) is 5.16. The maximum atomic E-state index is 14.1. The molecule has 0 fully saturated rings. The Morgan fingerprint density at radius 2 is 1.40 bits per heavy atom. The minimum atomic E-state index is -0.923. The standard InChI is InChI=1S/C28H39N3O4/c1-19(2)29-25(32)24(22-16-12-9-13-17-22)31(20(3)4)26(33)23(18-21-14-10-8-11-15-21)30-27(34)35-28(5,6)7/h8-17,19-20,23-24H,18H2,1-7H3,(H,29,32)(H,30,34). The first-order valence-corrected chi connectivity index (χ1v) is 12.1. The van der Waals surface area contributed by atoms with Crippen LogP contribution in [0.5, 0.6) is 0 Å². The van der Waals surface area contributed by atoms with E-state index in [1.165, 1.54) is 0 Å². The van der Waals surface area contributed by atoms with Gasteiger partial charge in [0.05, 0.1) is 0 Å². The van der Waals surface area contributed by atoms with E-state index in [1.807, 2.05) is 88.4 Å². The van der Waals surface area contributed by atoms with Crippen LogP contribution < -0.4 is 10.6 Å². The molecule has 2 aromatic carbocycles. The fourth-order valence-electron chi connectivity index (χ4n) is 3.80. The van der Waals surface area contributed by atoms with Gasteiger partial charge in [0.2, 0.25) is 11.8 Å². The molecule has 3 amide bonds. The third kappa shape index (κ3) is 8.74. The Morgan fingerprint density at radius 1 is 0.857 bits per heavy atom. The van der Waals surface area contributed by atoms with E-state index in [-0.39, 0.29) is 30.3 Å². The van der Waals surface area contributed by atoms with Crippen molar-refractivity contribution >= 4 is 17.9 Å². The quantitative estimate of drug-likeness (QED) is 0.547. The number of hydrogen-bond donors (Lipinski definition) is 2. The molecule has 7 nitrogen and oxygen atoms in total. The fourth-order valence-corrected chi connectivity index (χ4v) is 3.80. The van der Waals surface area contributed by atoms with Gasteiger partial charge in [0.1, 0.15) is 17.7 Å². The monoisotopic (exact) mass is 481 g/mol. The van der Waals surface area contributed by atoms with Crippen molar-refractivity contribution in [1.29, 1.82) is 0 Å². The summed E-state index contributed by atoms with van der Waals surface area (Å²) >= 11 is 0. The SMILES string of the molecule is CC(C)NC(=O)C(c1ccccc1)N(C(=O)C(Cc1ccccc1)NC(=O)OC(C)(C)C)C(C)C. The van der Waals surface area contributed by atoms with E-state index in [0.717, 1.165) is 5.56 Å². The molecule has 35 heavy (non-hydrogen) atoms. The molecule has 0 aromatic heterocycles. The second kappa shape index (κ2) is 12.4. The minimum absolute atomic E-state index is 0.0992. The maximum Gasteiger partial charge on any atom is 0.408 e. The summed E-state index contributed by atoms with van der Waals surface area (Å²) in [6.07, 6.45) is -0.423. The summed E-state index contributed by atoms with van der Waals surface area (Å²) < 4.78 is 5.44. The molecule has 0 spiro atoms. The van der Waals surface area contributed by atoms with Crippen molar-refractivity contribution in [2.24, 2.45) is 0 Å². The average molecular weight is 482 g/mol. The molecule has 0 aliphatic carbocycles. The summed E-state index contributed by atoms with van der Waals surface area (Å²) in [5, 5.41) is 5.71. The van der Waals surface area contributed by atoms with E-state index in [4.69, 9.17) is 4.74 Å². The Balaban J connectivity index is 2.48. The van der Waals surface area contributed by atoms with Gasteiger partial charge in [-0.1, -0.05) is 60.7 Å². The van der Waals surface area contributed by atoms with Crippen LogP contribution in [0.2, 0.25) is 0 Å². The van der Waals surface area contributed by atoms with Crippen molar-refractivity contribution in [3.8, 4) is 0 Å². The smallest absolute Gasteiger partial charge is 0.408 e. The minimum Gasteiger partial charge on any atom is -0.444 e. The lowest BCUT2D eigenvalue weighted by Crippen LogP contribution is -2.56. The van der Waals surface area contributed by atoms with E-state index in [1.54, 1.807) is 25.7 Å². The number of nitrogens with zero attached hydrogens (tertiary/aromatic N) is 1. The Hall–Kier alpha value is -3.35. The number of nitrogens with one attached hydrogen (secondary N) is 2. The number of amides is 3. The van der Waals surface area contributed by atoms with Gasteiger partial charge in [0, 0.05) is 18.5 Å². The number of rotatable bonds is 9. The van der Waals surface area contributed by atoms with Crippen molar-refractivity contribution in [3.63, 3.8) is 0 Å². The summed E-state index contributed by atoms with van der Waals surface area (Å²) in [6, 6.07) is 16.5. The van der Waals surface area contributed by atoms with Gasteiger partial charge < -0.3 is 20.3 Å². The maximum absolute atomic E-state index is 14.1. The van der Waals surface area contributed by atoms with E-state index in [9.17, 15) is 14.4 Å². The average Bonchev–Trinajstić information content (AvgIpc) is 2.75. The Morgan fingerprint density at radius 3 is 1.89 bits per heavy atom. The molecule has 0 saturated carbocycles. The molecule has 0 bridgehead atoms. The van der Waals surface area contributed by atoms with Gasteiger partial charge in [-0.2, -0.15) is 0 Å². The lowest BCUT2D eigenvalue weighted by molar-refractivity contribution is -0.144. The second-order valence-corrected chi connectivity index (χ2v) is 10.2. The predicted octanol–water partition coefficient (Wildman–Crippen LogP) is 4.63. The fraction of sp³-hybridized carbons (Fsp3) is 0.464. The van der Waals surface area contributed by atoms with Crippen LogP contribution in [0.4, 0.5) is 4.79 Å². The number of carbonyl (C=O) groups is 3. The van der Waals surface area contributed by atoms with Crippen LogP contribution >= 0.6 is 0 Å². The van der Waals surface area contributed by atoms with Crippen molar-refractivity contribution in [2.45, 2.75) is 84.7 Å². The highest BCUT2D eigenvalue weighted by Crippen LogP contribution is 2.25. The zero-order valence-corrected chi connectivity index (χ0v) is 21.9. The molecule has 7 heteroatoms. The highest BCUT2D eigenvalue weighted by atomic mass is 16.6. The van der Waals surface area contributed by atoms with Gasteiger partial charge in [0.25, 0.3) is 0 Å². The molecular formula is C28H39N3O4. The first-order chi connectivity index (χ1) is 16.4. The van der Waals surface area contributed by atoms with Crippen LogP contribution in [-0.4, -0.2) is 46.5 Å². The van der Waals surface area contributed by atoms with Crippen molar-refractivity contribution in [2.75, 3.05) is 0 Å². The number of carbonyl (C=O) groups excluding carboxylic acids is 3. The summed E-state index contributed by atoms with van der Waals surface area (Å²) in [5.74, 6) is -0.633. The lowest BCUT2D eigenvalue weighted by atomic mass is 9.98.